The van der Waals surface area contributed by atoms with Gasteiger partial charge >= 0.3 is 0 Å². The summed E-state index contributed by atoms with van der Waals surface area (Å²) in [5, 5.41) is 4.15. The summed E-state index contributed by atoms with van der Waals surface area (Å²) in [7, 11) is 1.76. The third-order valence-electron chi connectivity index (χ3n) is 4.87. The lowest BCUT2D eigenvalue weighted by Gasteiger charge is -2.53. The second kappa shape index (κ2) is 6.09. The molecule has 2 aromatic heterocycles. The molecule has 0 aliphatic carbocycles. The summed E-state index contributed by atoms with van der Waals surface area (Å²) in [4.78, 5) is 23.4. The van der Waals surface area contributed by atoms with Crippen LogP contribution in [0.25, 0.3) is 0 Å². The van der Waals surface area contributed by atoms with Crippen molar-refractivity contribution in [2.75, 3.05) is 6.54 Å². The summed E-state index contributed by atoms with van der Waals surface area (Å²) in [6.45, 7) is 5.71. The maximum Gasteiger partial charge on any atom is 0.294 e. The van der Waals surface area contributed by atoms with E-state index in [2.05, 4.69) is 45.6 Å². The molecule has 1 fully saturated rings. The summed E-state index contributed by atoms with van der Waals surface area (Å²) in [6, 6.07) is 10.2. The summed E-state index contributed by atoms with van der Waals surface area (Å²) < 4.78 is 3.66. The Kier molecular flexibility index (Phi) is 3.86. The maximum absolute atomic E-state index is 12.9. The van der Waals surface area contributed by atoms with Crippen LogP contribution in [0.1, 0.15) is 41.9 Å². The van der Waals surface area contributed by atoms with E-state index in [4.69, 9.17) is 0 Å². The van der Waals surface area contributed by atoms with Crippen molar-refractivity contribution in [2.24, 2.45) is 12.5 Å². The lowest BCUT2D eigenvalue weighted by atomic mass is 9.74. The summed E-state index contributed by atoms with van der Waals surface area (Å²) in [6.07, 6.45) is 5.32. The predicted octanol–water partition coefficient (Wildman–Crippen LogP) is 2.28. The van der Waals surface area contributed by atoms with E-state index in [0.717, 1.165) is 12.4 Å². The zero-order chi connectivity index (χ0) is 18.3. The van der Waals surface area contributed by atoms with Gasteiger partial charge in [0, 0.05) is 37.9 Å². The Labute approximate surface area is 152 Å². The first-order valence-electron chi connectivity index (χ1n) is 8.67. The largest absolute Gasteiger partial charge is 0.329 e. The predicted molar refractivity (Wildman–Crippen MR) is 96.3 cm³/mol. The van der Waals surface area contributed by atoms with E-state index < -0.39 is 0 Å². The van der Waals surface area contributed by atoms with Crippen LogP contribution in [0.3, 0.4) is 0 Å². The second-order valence-electron chi connectivity index (χ2n) is 7.46. The van der Waals surface area contributed by atoms with Gasteiger partial charge in [-0.25, -0.2) is 9.97 Å². The lowest BCUT2D eigenvalue weighted by Crippen LogP contribution is -2.58. The topological polar surface area (TPSA) is 68.8 Å². The first-order chi connectivity index (χ1) is 12.5. The van der Waals surface area contributed by atoms with Gasteiger partial charge in [0.05, 0.1) is 6.04 Å². The molecule has 3 aromatic rings. The zero-order valence-electron chi connectivity index (χ0n) is 15.2. The highest BCUT2D eigenvalue weighted by atomic mass is 16.2. The Morgan fingerprint density at radius 3 is 2.65 bits per heavy atom. The Morgan fingerprint density at radius 2 is 2.00 bits per heavy atom. The number of rotatable bonds is 4. The number of nitrogens with zero attached hydrogens (tertiary/aromatic N) is 6. The number of carbonyl (C=O) groups excluding carboxylic acids is 1. The molecule has 0 N–H and O–H groups in total. The van der Waals surface area contributed by atoms with E-state index in [-0.39, 0.29) is 23.2 Å². The molecule has 0 saturated carbocycles. The SMILES string of the molecule is Cn1cnc(C(=O)N2CC(C)(C)C2c2nccn2Cc2ccccc2)n1. The van der Waals surface area contributed by atoms with Crippen LogP contribution < -0.4 is 0 Å². The monoisotopic (exact) mass is 350 g/mol. The van der Waals surface area contributed by atoms with E-state index in [0.29, 0.717) is 6.54 Å². The fraction of sp³-hybridized carbons (Fsp3) is 0.368. The van der Waals surface area contributed by atoms with Crippen LogP contribution in [-0.4, -0.2) is 41.7 Å². The molecule has 1 unspecified atom stereocenters. The molecule has 134 valence electrons. The minimum Gasteiger partial charge on any atom is -0.329 e. The van der Waals surface area contributed by atoms with Gasteiger partial charge in [-0.3, -0.25) is 9.48 Å². The van der Waals surface area contributed by atoms with Gasteiger partial charge in [0.2, 0.25) is 5.82 Å². The highest BCUT2D eigenvalue weighted by molar-refractivity contribution is 5.91. The number of hydrogen-bond donors (Lipinski definition) is 0. The molecule has 0 bridgehead atoms. The normalized spacial score (nSPS) is 18.6. The van der Waals surface area contributed by atoms with Gasteiger partial charge in [-0.05, 0) is 5.56 Å². The first-order valence-corrected chi connectivity index (χ1v) is 8.67. The molecule has 1 aliphatic heterocycles. The van der Waals surface area contributed by atoms with Crippen LogP contribution >= 0.6 is 0 Å². The van der Waals surface area contributed by atoms with Crippen LogP contribution in [0.4, 0.5) is 0 Å². The van der Waals surface area contributed by atoms with Gasteiger partial charge < -0.3 is 9.47 Å². The highest BCUT2D eigenvalue weighted by Gasteiger charge is 2.51. The summed E-state index contributed by atoms with van der Waals surface area (Å²) in [5.41, 5.74) is 1.15. The van der Waals surface area contributed by atoms with Crippen molar-refractivity contribution in [3.8, 4) is 0 Å². The highest BCUT2D eigenvalue weighted by Crippen LogP contribution is 2.48. The number of amides is 1. The van der Waals surface area contributed by atoms with E-state index in [9.17, 15) is 4.79 Å². The summed E-state index contributed by atoms with van der Waals surface area (Å²) in [5.74, 6) is 0.979. The third-order valence-corrected chi connectivity index (χ3v) is 4.87. The molecule has 7 nitrogen and oxygen atoms in total. The fourth-order valence-corrected chi connectivity index (χ4v) is 3.65. The number of hydrogen-bond acceptors (Lipinski definition) is 4. The van der Waals surface area contributed by atoms with E-state index in [1.165, 1.54) is 5.56 Å². The molecule has 1 saturated heterocycles. The second-order valence-corrected chi connectivity index (χ2v) is 7.46. The van der Waals surface area contributed by atoms with Crippen molar-refractivity contribution >= 4 is 5.91 Å². The standard InChI is InChI=1S/C19H22N6O/c1-19(2)12-25(18(26)16-21-13-23(3)22-16)15(19)17-20-9-10-24(17)11-14-7-5-4-6-8-14/h4-10,13,15H,11-12H2,1-3H3. The molecule has 1 aliphatic rings. The van der Waals surface area contributed by atoms with Crippen LogP contribution in [-0.2, 0) is 13.6 Å². The zero-order valence-corrected chi connectivity index (χ0v) is 15.2. The minimum absolute atomic E-state index is 0.0514. The number of likely N-dealkylation sites (tertiary alicyclic amines) is 1. The van der Waals surface area contributed by atoms with Crippen LogP contribution in [0.5, 0.6) is 0 Å². The van der Waals surface area contributed by atoms with Gasteiger partial charge in [-0.1, -0.05) is 44.2 Å². The molecule has 0 radical (unpaired) electrons. The molecule has 26 heavy (non-hydrogen) atoms. The number of aryl methyl sites for hydroxylation is 1. The van der Waals surface area contributed by atoms with Gasteiger partial charge in [0.1, 0.15) is 12.2 Å². The van der Waals surface area contributed by atoms with Gasteiger partial charge in [-0.2, -0.15) is 0 Å². The van der Waals surface area contributed by atoms with Crippen LogP contribution in [0.2, 0.25) is 0 Å². The average molecular weight is 350 g/mol. The first kappa shape index (κ1) is 16.5. The smallest absolute Gasteiger partial charge is 0.294 e. The van der Waals surface area contributed by atoms with Crippen LogP contribution in [0.15, 0.2) is 49.1 Å². The molecular formula is C19H22N6O. The molecule has 1 amide bonds. The van der Waals surface area contributed by atoms with Crippen molar-refractivity contribution in [3.63, 3.8) is 0 Å². The van der Waals surface area contributed by atoms with Crippen LogP contribution in [0, 0.1) is 5.41 Å². The molecule has 0 spiro atoms. The van der Waals surface area contributed by atoms with E-state index in [1.807, 2.05) is 29.3 Å². The molecule has 1 atom stereocenters. The van der Waals surface area contributed by atoms with Gasteiger partial charge in [-0.15, -0.1) is 5.10 Å². The number of imidazole rings is 1. The molecule has 3 heterocycles. The van der Waals surface area contributed by atoms with Gasteiger partial charge in [0.15, 0.2) is 0 Å². The van der Waals surface area contributed by atoms with E-state index in [1.54, 1.807) is 24.3 Å². The molecule has 4 rings (SSSR count). The number of carbonyl (C=O) groups is 1. The Bertz CT molecular complexity index is 926. The minimum atomic E-state index is -0.149. The third kappa shape index (κ3) is 2.79. The Balaban J connectivity index is 1.63. The van der Waals surface area contributed by atoms with Crippen molar-refractivity contribution < 1.29 is 4.79 Å². The quantitative estimate of drug-likeness (QED) is 0.724. The fourth-order valence-electron chi connectivity index (χ4n) is 3.65. The number of benzene rings is 1. The maximum atomic E-state index is 12.9. The molecular weight excluding hydrogens is 328 g/mol. The molecule has 1 aromatic carbocycles. The van der Waals surface area contributed by atoms with Crippen molar-refractivity contribution in [3.05, 3.63) is 66.3 Å². The van der Waals surface area contributed by atoms with Crippen molar-refractivity contribution in [1.82, 2.24) is 29.2 Å². The van der Waals surface area contributed by atoms with Gasteiger partial charge in [0.25, 0.3) is 5.91 Å². The number of aromatic nitrogens is 5. The Morgan fingerprint density at radius 1 is 1.23 bits per heavy atom. The summed E-state index contributed by atoms with van der Waals surface area (Å²) >= 11 is 0. The van der Waals surface area contributed by atoms with Crippen molar-refractivity contribution in [1.29, 1.82) is 0 Å². The Hall–Kier alpha value is -2.96. The van der Waals surface area contributed by atoms with Crippen molar-refractivity contribution in [2.45, 2.75) is 26.4 Å². The average Bonchev–Trinajstić information content (AvgIpc) is 3.23. The lowest BCUT2D eigenvalue weighted by molar-refractivity contribution is -0.0385. The molecule has 7 heteroatoms. The van der Waals surface area contributed by atoms with E-state index >= 15 is 0 Å².